The number of aromatic amines is 1. The molecule has 3 aromatic rings. The number of ether oxygens (including phenoxy) is 1. The van der Waals surface area contributed by atoms with Gasteiger partial charge in [0.2, 0.25) is 5.91 Å². The molecule has 0 radical (unpaired) electrons. The van der Waals surface area contributed by atoms with Crippen LogP contribution in [0.4, 0.5) is 11.6 Å². The predicted molar refractivity (Wildman–Crippen MR) is 95.5 cm³/mol. The van der Waals surface area contributed by atoms with Gasteiger partial charge in [0.15, 0.2) is 17.5 Å². The maximum Gasteiger partial charge on any atom is 0.245 e. The molecule has 26 heavy (non-hydrogen) atoms. The Kier molecular flexibility index (Phi) is 4.23. The van der Waals surface area contributed by atoms with E-state index in [4.69, 9.17) is 4.74 Å². The van der Waals surface area contributed by atoms with E-state index < -0.39 is 0 Å². The maximum absolute atomic E-state index is 11.8. The lowest BCUT2D eigenvalue weighted by Gasteiger charge is -2.28. The van der Waals surface area contributed by atoms with E-state index in [1.165, 1.54) is 6.33 Å². The van der Waals surface area contributed by atoms with Crippen molar-refractivity contribution in [3.63, 3.8) is 0 Å². The summed E-state index contributed by atoms with van der Waals surface area (Å²) in [5, 5.41) is 9.33. The summed E-state index contributed by atoms with van der Waals surface area (Å²) in [6.07, 6.45) is 4.75. The molecule has 2 N–H and O–H groups in total. The van der Waals surface area contributed by atoms with Crippen LogP contribution in [0.15, 0.2) is 30.9 Å². The zero-order valence-corrected chi connectivity index (χ0v) is 14.0. The second-order valence-electron chi connectivity index (χ2n) is 5.66. The highest BCUT2D eigenvalue weighted by atomic mass is 16.5. The third-order valence-electron chi connectivity index (χ3n) is 3.93. The van der Waals surface area contributed by atoms with Crippen molar-refractivity contribution in [1.29, 1.82) is 0 Å². The molecule has 10 heteroatoms. The fourth-order valence-electron chi connectivity index (χ4n) is 2.65. The first-order chi connectivity index (χ1) is 12.7. The predicted octanol–water partition coefficient (Wildman–Crippen LogP) is 0.975. The lowest BCUT2D eigenvalue weighted by atomic mass is 10.2. The van der Waals surface area contributed by atoms with Crippen molar-refractivity contribution in [2.75, 3.05) is 37.0 Å². The Morgan fingerprint density at radius 3 is 2.88 bits per heavy atom. The highest BCUT2D eigenvalue weighted by molar-refractivity contribution is 5.99. The van der Waals surface area contributed by atoms with Crippen molar-refractivity contribution in [1.82, 2.24) is 30.1 Å². The van der Waals surface area contributed by atoms with Crippen molar-refractivity contribution in [3.8, 4) is 22.8 Å². The normalized spacial score (nSPS) is 13.4. The van der Waals surface area contributed by atoms with E-state index in [1.807, 2.05) is 17.0 Å². The average molecular weight is 354 g/mol. The first-order valence-corrected chi connectivity index (χ1v) is 7.97. The highest BCUT2D eigenvalue weighted by Crippen LogP contribution is 2.28. The minimum Gasteiger partial charge on any atom is -0.383 e. The number of hydrogen-bond donors (Lipinski definition) is 2. The summed E-state index contributed by atoms with van der Waals surface area (Å²) in [5.74, 6) is 1.56. The summed E-state index contributed by atoms with van der Waals surface area (Å²) in [4.78, 5) is 31.1. The Labute approximate surface area is 150 Å². The van der Waals surface area contributed by atoms with Gasteiger partial charge in [0.05, 0.1) is 25.0 Å². The number of rotatable bonds is 5. The van der Waals surface area contributed by atoms with E-state index in [-0.39, 0.29) is 13.9 Å². The van der Waals surface area contributed by atoms with Crippen molar-refractivity contribution in [3.05, 3.63) is 30.9 Å². The fourth-order valence-corrected chi connectivity index (χ4v) is 2.65. The molecule has 1 amide bonds. The summed E-state index contributed by atoms with van der Waals surface area (Å²) in [5.41, 5.74) is 2.16. The number of anilines is 2. The standard InChI is InChI=1S/C16H16N8O2.H2/c1-26-5-4-24-8-13(25)22-15-16(24)21-12(7-18-15)10-2-3-11(17-6-10)14-19-9-20-23-14;/h2-3,6-7,9H,4-5,8H2,1H3,(H,18,22,25)(H,19,20,23);1H. The molecule has 0 saturated carbocycles. The molecule has 4 heterocycles. The summed E-state index contributed by atoms with van der Waals surface area (Å²) in [6, 6.07) is 3.73. The highest BCUT2D eigenvalue weighted by Gasteiger charge is 2.25. The average Bonchev–Trinajstić information content (AvgIpc) is 3.20. The lowest BCUT2D eigenvalue weighted by Crippen LogP contribution is -2.41. The maximum atomic E-state index is 11.8. The molecule has 0 bridgehead atoms. The van der Waals surface area contributed by atoms with Gasteiger partial charge in [-0.05, 0) is 12.1 Å². The minimum atomic E-state index is -0.117. The number of H-pyrrole nitrogens is 1. The summed E-state index contributed by atoms with van der Waals surface area (Å²) in [7, 11) is 1.62. The molecule has 0 unspecified atom stereocenters. The van der Waals surface area contributed by atoms with Crippen LogP contribution in [0.2, 0.25) is 0 Å². The quantitative estimate of drug-likeness (QED) is 0.695. The Balaban J connectivity index is 0.00000210. The van der Waals surface area contributed by atoms with Crippen molar-refractivity contribution >= 4 is 17.5 Å². The molecule has 1 aliphatic heterocycles. The number of amides is 1. The van der Waals surface area contributed by atoms with Crippen LogP contribution >= 0.6 is 0 Å². The van der Waals surface area contributed by atoms with E-state index in [2.05, 4.69) is 35.5 Å². The van der Waals surface area contributed by atoms with Crippen LogP contribution < -0.4 is 10.2 Å². The van der Waals surface area contributed by atoms with Gasteiger partial charge < -0.3 is 15.0 Å². The number of aromatic nitrogens is 6. The summed E-state index contributed by atoms with van der Waals surface area (Å²) < 4.78 is 5.11. The monoisotopic (exact) mass is 354 g/mol. The zero-order valence-electron chi connectivity index (χ0n) is 14.0. The number of nitrogens with zero attached hydrogens (tertiary/aromatic N) is 6. The van der Waals surface area contributed by atoms with Crippen LogP contribution in [0.5, 0.6) is 0 Å². The topological polar surface area (TPSA) is 122 Å². The van der Waals surface area contributed by atoms with Crippen molar-refractivity contribution < 1.29 is 11.0 Å². The number of methoxy groups -OCH3 is 1. The lowest BCUT2D eigenvalue weighted by molar-refractivity contribution is -0.115. The molecule has 1 aliphatic rings. The molecule has 0 aliphatic carbocycles. The number of hydrogen-bond acceptors (Lipinski definition) is 8. The SMILES string of the molecule is COCCN1CC(=O)Nc2ncc(-c3ccc(-c4ncn[nH]4)nc3)nc21.[HH]. The second-order valence-corrected chi connectivity index (χ2v) is 5.66. The third kappa shape index (κ3) is 3.09. The number of nitrogens with one attached hydrogen (secondary N) is 2. The number of pyridine rings is 1. The van der Waals surface area contributed by atoms with Crippen LogP contribution in [0.1, 0.15) is 1.43 Å². The third-order valence-corrected chi connectivity index (χ3v) is 3.93. The van der Waals surface area contributed by atoms with Gasteiger partial charge >= 0.3 is 0 Å². The van der Waals surface area contributed by atoms with Gasteiger partial charge in [0.1, 0.15) is 12.0 Å². The molecule has 0 fully saturated rings. The van der Waals surface area contributed by atoms with Crippen LogP contribution in [-0.2, 0) is 9.53 Å². The van der Waals surface area contributed by atoms with Gasteiger partial charge in [-0.3, -0.25) is 14.9 Å². The largest absolute Gasteiger partial charge is 0.383 e. The van der Waals surface area contributed by atoms with Gasteiger partial charge in [0, 0.05) is 26.8 Å². The zero-order chi connectivity index (χ0) is 17.9. The van der Waals surface area contributed by atoms with E-state index in [9.17, 15) is 4.79 Å². The van der Waals surface area contributed by atoms with E-state index >= 15 is 0 Å². The van der Waals surface area contributed by atoms with Crippen LogP contribution in [0, 0.1) is 0 Å². The molecule has 4 rings (SSSR count). The van der Waals surface area contributed by atoms with Gasteiger partial charge in [-0.15, -0.1) is 0 Å². The molecule has 0 saturated heterocycles. The van der Waals surface area contributed by atoms with Crippen molar-refractivity contribution in [2.45, 2.75) is 0 Å². The van der Waals surface area contributed by atoms with Crippen LogP contribution in [0.3, 0.4) is 0 Å². The minimum absolute atomic E-state index is 0. The van der Waals surface area contributed by atoms with E-state index in [1.54, 1.807) is 19.5 Å². The summed E-state index contributed by atoms with van der Waals surface area (Å²) in [6.45, 7) is 1.26. The van der Waals surface area contributed by atoms with Gasteiger partial charge in [-0.1, -0.05) is 0 Å². The molecular weight excluding hydrogens is 336 g/mol. The molecule has 10 nitrogen and oxygen atoms in total. The number of fused-ring (bicyclic) bond motifs is 1. The Morgan fingerprint density at radius 1 is 1.23 bits per heavy atom. The molecule has 3 aromatic heterocycles. The Bertz CT molecular complexity index is 917. The van der Waals surface area contributed by atoms with Crippen LogP contribution in [-0.4, -0.2) is 62.8 Å². The first-order valence-electron chi connectivity index (χ1n) is 7.97. The van der Waals surface area contributed by atoms with Crippen molar-refractivity contribution in [2.24, 2.45) is 0 Å². The van der Waals surface area contributed by atoms with Gasteiger partial charge in [0.25, 0.3) is 0 Å². The van der Waals surface area contributed by atoms with E-state index in [0.29, 0.717) is 42.0 Å². The Morgan fingerprint density at radius 2 is 2.15 bits per heavy atom. The molecular formula is C16H18N8O2. The smallest absolute Gasteiger partial charge is 0.245 e. The van der Waals surface area contributed by atoms with Crippen LogP contribution in [0.25, 0.3) is 22.8 Å². The Hall–Kier alpha value is -3.40. The van der Waals surface area contributed by atoms with Gasteiger partial charge in [-0.25, -0.2) is 15.0 Å². The van der Waals surface area contributed by atoms with Gasteiger partial charge in [-0.2, -0.15) is 5.10 Å². The molecule has 134 valence electrons. The summed E-state index contributed by atoms with van der Waals surface area (Å²) >= 11 is 0. The fraction of sp³-hybridized carbons (Fsp3) is 0.250. The molecule has 0 spiro atoms. The second kappa shape index (κ2) is 6.84. The number of carbonyl (C=O) groups excluding carboxylic acids is 1. The molecule has 0 aromatic carbocycles. The van der Waals surface area contributed by atoms with E-state index in [0.717, 1.165) is 5.56 Å². The first kappa shape index (κ1) is 16.1. The molecule has 0 atom stereocenters. The number of carbonyl (C=O) groups is 1.